The van der Waals surface area contributed by atoms with Gasteiger partial charge < -0.3 is 24.3 Å². The molecule has 28 heavy (non-hydrogen) atoms. The van der Waals surface area contributed by atoms with E-state index in [1.54, 1.807) is 36.4 Å². The fourth-order valence-corrected chi connectivity index (χ4v) is 2.25. The van der Waals surface area contributed by atoms with Gasteiger partial charge in [0.15, 0.2) is 11.5 Å². The molecule has 0 aliphatic heterocycles. The van der Waals surface area contributed by atoms with Gasteiger partial charge in [-0.3, -0.25) is 9.59 Å². The Hall–Kier alpha value is -3.75. The molecule has 2 aromatic carbocycles. The number of carbonyl (C=O) groups excluding carboxylic acids is 2. The van der Waals surface area contributed by atoms with Crippen LogP contribution in [0.4, 0.5) is 5.69 Å². The van der Waals surface area contributed by atoms with Gasteiger partial charge in [0.05, 0.1) is 34.7 Å². The van der Waals surface area contributed by atoms with Gasteiger partial charge in [-0.2, -0.15) is 5.10 Å². The van der Waals surface area contributed by atoms with Crippen LogP contribution in [0.25, 0.3) is 0 Å². The number of hydrogen-bond acceptors (Lipinski definition) is 7. The third-order valence-electron chi connectivity index (χ3n) is 3.62. The quantitative estimate of drug-likeness (QED) is 0.426. The van der Waals surface area contributed by atoms with Gasteiger partial charge in [-0.05, 0) is 36.4 Å². The molecule has 0 saturated carbocycles. The molecule has 0 spiro atoms. The number of amides is 2. The molecule has 0 saturated heterocycles. The van der Waals surface area contributed by atoms with Crippen molar-refractivity contribution in [3.8, 4) is 23.0 Å². The van der Waals surface area contributed by atoms with Crippen LogP contribution in [-0.2, 0) is 9.59 Å². The molecule has 0 aliphatic rings. The molecule has 0 unspecified atom stereocenters. The van der Waals surface area contributed by atoms with Crippen molar-refractivity contribution >= 4 is 23.7 Å². The van der Waals surface area contributed by atoms with Crippen LogP contribution >= 0.6 is 0 Å². The minimum Gasteiger partial charge on any atom is -0.497 e. The lowest BCUT2D eigenvalue weighted by molar-refractivity contribution is -0.136. The molecule has 9 nitrogen and oxygen atoms in total. The second-order valence-corrected chi connectivity index (χ2v) is 5.34. The van der Waals surface area contributed by atoms with E-state index in [0.29, 0.717) is 34.2 Å². The molecule has 2 amide bonds. The zero-order chi connectivity index (χ0) is 20.5. The summed E-state index contributed by atoms with van der Waals surface area (Å²) >= 11 is 0. The summed E-state index contributed by atoms with van der Waals surface area (Å²) in [6.45, 7) is 0. The second-order valence-electron chi connectivity index (χ2n) is 5.34. The molecule has 148 valence electrons. The number of hydrazone groups is 1. The Labute approximate surface area is 162 Å². The lowest BCUT2D eigenvalue weighted by Crippen LogP contribution is -2.32. The fourth-order valence-electron chi connectivity index (χ4n) is 2.25. The average molecular weight is 387 g/mol. The zero-order valence-corrected chi connectivity index (χ0v) is 15.9. The average Bonchev–Trinajstić information content (AvgIpc) is 2.73. The Bertz CT molecular complexity index is 839. The molecule has 9 heteroatoms. The molecule has 0 atom stereocenters. The van der Waals surface area contributed by atoms with Crippen LogP contribution in [0.3, 0.4) is 0 Å². The number of methoxy groups -OCH3 is 4. The molecular formula is C19H21N3O6. The number of anilines is 1. The van der Waals surface area contributed by atoms with E-state index in [1.165, 1.54) is 34.7 Å². The van der Waals surface area contributed by atoms with Crippen molar-refractivity contribution < 1.29 is 28.5 Å². The molecule has 0 aromatic heterocycles. The van der Waals surface area contributed by atoms with E-state index in [1.807, 2.05) is 0 Å². The monoisotopic (exact) mass is 387 g/mol. The van der Waals surface area contributed by atoms with Gasteiger partial charge in [-0.25, -0.2) is 5.43 Å². The van der Waals surface area contributed by atoms with Crippen molar-refractivity contribution in [3.63, 3.8) is 0 Å². The third-order valence-corrected chi connectivity index (χ3v) is 3.62. The number of nitrogens with one attached hydrogen (secondary N) is 2. The summed E-state index contributed by atoms with van der Waals surface area (Å²) < 4.78 is 20.7. The highest BCUT2D eigenvalue weighted by atomic mass is 16.5. The predicted octanol–water partition coefficient (Wildman–Crippen LogP) is 1.81. The Morgan fingerprint density at radius 1 is 0.857 bits per heavy atom. The number of hydrogen-bond donors (Lipinski definition) is 2. The molecule has 2 N–H and O–H groups in total. The van der Waals surface area contributed by atoms with Gasteiger partial charge in [0.1, 0.15) is 5.75 Å². The minimum absolute atomic E-state index is 0.435. The van der Waals surface area contributed by atoms with Crippen molar-refractivity contribution in [2.75, 3.05) is 33.8 Å². The van der Waals surface area contributed by atoms with Gasteiger partial charge in [0.25, 0.3) is 0 Å². The maximum Gasteiger partial charge on any atom is 0.329 e. The van der Waals surface area contributed by atoms with Crippen LogP contribution < -0.4 is 29.7 Å². The summed E-state index contributed by atoms with van der Waals surface area (Å²) in [6.07, 6.45) is 1.35. The largest absolute Gasteiger partial charge is 0.497 e. The van der Waals surface area contributed by atoms with Crippen molar-refractivity contribution in [1.82, 2.24) is 5.43 Å². The zero-order valence-electron chi connectivity index (χ0n) is 15.9. The van der Waals surface area contributed by atoms with Crippen LogP contribution in [0.2, 0.25) is 0 Å². The van der Waals surface area contributed by atoms with Crippen LogP contribution in [0, 0.1) is 0 Å². The summed E-state index contributed by atoms with van der Waals surface area (Å²) in [5.74, 6) is 0.174. The predicted molar refractivity (Wildman–Crippen MR) is 103 cm³/mol. The SMILES string of the molecule is COc1ccc(NC(=O)C(=O)N/N=C\c2cc(OC)c(OC)c(OC)c2)cc1. The maximum absolute atomic E-state index is 11.9. The number of carbonyl (C=O) groups is 2. The van der Waals surface area contributed by atoms with Crippen molar-refractivity contribution in [3.05, 3.63) is 42.0 Å². The summed E-state index contributed by atoms with van der Waals surface area (Å²) in [7, 11) is 6.01. The highest BCUT2D eigenvalue weighted by Gasteiger charge is 2.14. The Balaban J connectivity index is 2.01. The highest BCUT2D eigenvalue weighted by molar-refractivity contribution is 6.39. The van der Waals surface area contributed by atoms with Crippen molar-refractivity contribution in [2.24, 2.45) is 5.10 Å². The number of benzene rings is 2. The Morgan fingerprint density at radius 3 is 1.96 bits per heavy atom. The topological polar surface area (TPSA) is 107 Å². The Kier molecular flexibility index (Phi) is 7.21. The third kappa shape index (κ3) is 5.13. The molecule has 0 bridgehead atoms. The van der Waals surface area contributed by atoms with Crippen molar-refractivity contribution in [1.29, 1.82) is 0 Å². The normalized spacial score (nSPS) is 10.3. The Morgan fingerprint density at radius 2 is 1.46 bits per heavy atom. The summed E-state index contributed by atoms with van der Waals surface area (Å²) in [5, 5.41) is 6.24. The fraction of sp³-hybridized carbons (Fsp3) is 0.211. The number of rotatable bonds is 7. The van der Waals surface area contributed by atoms with Crippen molar-refractivity contribution in [2.45, 2.75) is 0 Å². The van der Waals surface area contributed by atoms with Crippen LogP contribution in [0.1, 0.15) is 5.56 Å². The molecule has 0 radical (unpaired) electrons. The molecule has 2 rings (SSSR count). The minimum atomic E-state index is -0.917. The van der Waals surface area contributed by atoms with Gasteiger partial charge in [-0.1, -0.05) is 0 Å². The van der Waals surface area contributed by atoms with E-state index >= 15 is 0 Å². The first-order valence-electron chi connectivity index (χ1n) is 8.10. The van der Waals surface area contributed by atoms with E-state index in [0.717, 1.165) is 0 Å². The standard InChI is InChI=1S/C19H21N3O6/c1-25-14-7-5-13(6-8-14)21-18(23)19(24)22-20-11-12-9-15(26-2)17(28-4)16(10-12)27-3/h5-11H,1-4H3,(H,21,23)(H,22,24)/b20-11-. The van der Waals surface area contributed by atoms with Crippen LogP contribution in [-0.4, -0.2) is 46.5 Å². The highest BCUT2D eigenvalue weighted by Crippen LogP contribution is 2.37. The molecule has 2 aromatic rings. The summed E-state index contributed by atoms with van der Waals surface area (Å²) in [4.78, 5) is 23.8. The van der Waals surface area contributed by atoms with E-state index in [4.69, 9.17) is 18.9 Å². The maximum atomic E-state index is 11.9. The van der Waals surface area contributed by atoms with E-state index in [-0.39, 0.29) is 0 Å². The smallest absolute Gasteiger partial charge is 0.329 e. The summed E-state index contributed by atoms with van der Waals surface area (Å²) in [6, 6.07) is 9.85. The van der Waals surface area contributed by atoms with Gasteiger partial charge in [0, 0.05) is 11.3 Å². The number of nitrogens with zero attached hydrogens (tertiary/aromatic N) is 1. The first-order chi connectivity index (χ1) is 13.5. The van der Waals surface area contributed by atoms with E-state index in [2.05, 4.69) is 15.8 Å². The van der Waals surface area contributed by atoms with Crippen LogP contribution in [0.5, 0.6) is 23.0 Å². The van der Waals surface area contributed by atoms with Gasteiger partial charge in [0.2, 0.25) is 5.75 Å². The van der Waals surface area contributed by atoms with Gasteiger partial charge in [-0.15, -0.1) is 0 Å². The van der Waals surface area contributed by atoms with E-state index in [9.17, 15) is 9.59 Å². The molecular weight excluding hydrogens is 366 g/mol. The van der Waals surface area contributed by atoms with E-state index < -0.39 is 11.8 Å². The molecule has 0 aliphatic carbocycles. The molecule has 0 heterocycles. The lowest BCUT2D eigenvalue weighted by atomic mass is 10.2. The summed E-state index contributed by atoms with van der Waals surface area (Å²) in [5.41, 5.74) is 3.19. The van der Waals surface area contributed by atoms with Gasteiger partial charge >= 0.3 is 11.8 Å². The van der Waals surface area contributed by atoms with Crippen LogP contribution in [0.15, 0.2) is 41.5 Å². The lowest BCUT2D eigenvalue weighted by Gasteiger charge is -2.12. The second kappa shape index (κ2) is 9.81. The first-order valence-corrected chi connectivity index (χ1v) is 8.10. The first kappa shape index (κ1) is 20.6. The molecule has 0 fully saturated rings. The number of ether oxygens (including phenoxy) is 4.